The summed E-state index contributed by atoms with van der Waals surface area (Å²) >= 11 is 1.08. The molecule has 3 rings (SSSR count). The van der Waals surface area contributed by atoms with Crippen LogP contribution in [0, 0.1) is 0 Å². The molecule has 0 bridgehead atoms. The molecule has 0 fully saturated rings. The van der Waals surface area contributed by atoms with Crippen LogP contribution in [-0.2, 0) is 11.2 Å². The SMILES string of the molecule is COC(=O)c1ccc2c(c1)CCN2C(=O)c1cnns1. The number of carbonyl (C=O) groups is 2. The summed E-state index contributed by atoms with van der Waals surface area (Å²) in [5, 5.41) is 3.68. The van der Waals surface area contributed by atoms with Gasteiger partial charge in [0.1, 0.15) is 4.88 Å². The molecule has 1 aliphatic rings. The predicted octanol–water partition coefficient (Wildman–Crippen LogP) is 1.53. The highest BCUT2D eigenvalue weighted by atomic mass is 32.1. The number of rotatable bonds is 2. The molecule has 6 nitrogen and oxygen atoms in total. The van der Waals surface area contributed by atoms with Gasteiger partial charge in [0.25, 0.3) is 5.91 Å². The first-order valence-electron chi connectivity index (χ1n) is 6.01. The normalized spacial score (nSPS) is 13.2. The average Bonchev–Trinajstić information content (AvgIpc) is 3.14. The summed E-state index contributed by atoms with van der Waals surface area (Å²) in [6, 6.07) is 5.22. The molecule has 102 valence electrons. The monoisotopic (exact) mass is 289 g/mol. The third-order valence-electron chi connectivity index (χ3n) is 3.21. The molecule has 7 heteroatoms. The van der Waals surface area contributed by atoms with Gasteiger partial charge in [0.15, 0.2) is 0 Å². The van der Waals surface area contributed by atoms with Crippen molar-refractivity contribution in [2.75, 3.05) is 18.6 Å². The number of amides is 1. The summed E-state index contributed by atoms with van der Waals surface area (Å²) in [4.78, 5) is 26.0. The Morgan fingerprint density at radius 1 is 1.40 bits per heavy atom. The Morgan fingerprint density at radius 2 is 2.25 bits per heavy atom. The third-order valence-corrected chi connectivity index (χ3v) is 3.87. The second-order valence-electron chi connectivity index (χ2n) is 4.32. The quantitative estimate of drug-likeness (QED) is 0.784. The molecule has 20 heavy (non-hydrogen) atoms. The number of esters is 1. The van der Waals surface area contributed by atoms with Crippen LogP contribution in [0.4, 0.5) is 5.69 Å². The number of carbonyl (C=O) groups excluding carboxylic acids is 2. The molecule has 0 saturated carbocycles. The minimum absolute atomic E-state index is 0.107. The van der Waals surface area contributed by atoms with Gasteiger partial charge in [-0.3, -0.25) is 4.79 Å². The van der Waals surface area contributed by atoms with Crippen molar-refractivity contribution in [3.63, 3.8) is 0 Å². The van der Waals surface area contributed by atoms with E-state index >= 15 is 0 Å². The molecule has 1 aromatic carbocycles. The van der Waals surface area contributed by atoms with E-state index in [0.717, 1.165) is 29.2 Å². The number of hydrogen-bond donors (Lipinski definition) is 0. The molecule has 2 heterocycles. The molecule has 1 amide bonds. The molecule has 0 spiro atoms. The molecule has 1 aliphatic heterocycles. The number of fused-ring (bicyclic) bond motifs is 1. The van der Waals surface area contributed by atoms with Crippen LogP contribution in [-0.4, -0.2) is 35.1 Å². The van der Waals surface area contributed by atoms with E-state index < -0.39 is 0 Å². The molecule has 1 aromatic heterocycles. The second-order valence-corrected chi connectivity index (χ2v) is 5.11. The maximum atomic E-state index is 12.3. The second kappa shape index (κ2) is 5.01. The fourth-order valence-corrected chi connectivity index (χ4v) is 2.72. The first kappa shape index (κ1) is 12.7. The maximum Gasteiger partial charge on any atom is 0.337 e. The number of nitrogens with zero attached hydrogens (tertiary/aromatic N) is 3. The summed E-state index contributed by atoms with van der Waals surface area (Å²) < 4.78 is 8.40. The van der Waals surface area contributed by atoms with Gasteiger partial charge in [0.05, 0.1) is 18.9 Å². The van der Waals surface area contributed by atoms with Crippen molar-refractivity contribution in [3.8, 4) is 0 Å². The van der Waals surface area contributed by atoms with Crippen LogP contribution >= 0.6 is 11.5 Å². The Balaban J connectivity index is 1.91. The summed E-state index contributed by atoms with van der Waals surface area (Å²) in [5.74, 6) is -0.478. The van der Waals surface area contributed by atoms with Gasteiger partial charge in [-0.25, -0.2) is 4.79 Å². The Bertz CT molecular complexity index is 670. The predicted molar refractivity (Wildman–Crippen MR) is 73.1 cm³/mol. The lowest BCUT2D eigenvalue weighted by molar-refractivity contribution is 0.0600. The molecule has 0 unspecified atom stereocenters. The maximum absolute atomic E-state index is 12.3. The summed E-state index contributed by atoms with van der Waals surface area (Å²) in [6.07, 6.45) is 2.19. The third kappa shape index (κ3) is 2.05. The summed E-state index contributed by atoms with van der Waals surface area (Å²) in [7, 11) is 1.35. The van der Waals surface area contributed by atoms with Crippen LogP contribution < -0.4 is 4.90 Å². The molecule has 0 aliphatic carbocycles. The Morgan fingerprint density at radius 3 is 2.95 bits per heavy atom. The van der Waals surface area contributed by atoms with E-state index in [0.29, 0.717) is 17.0 Å². The average molecular weight is 289 g/mol. The van der Waals surface area contributed by atoms with Gasteiger partial charge in [-0.05, 0) is 41.7 Å². The fraction of sp³-hybridized carbons (Fsp3) is 0.231. The van der Waals surface area contributed by atoms with Crippen LogP contribution in [0.2, 0.25) is 0 Å². The van der Waals surface area contributed by atoms with Gasteiger partial charge in [-0.1, -0.05) is 4.49 Å². The highest BCUT2D eigenvalue weighted by Crippen LogP contribution is 2.30. The largest absolute Gasteiger partial charge is 0.465 e. The highest BCUT2D eigenvalue weighted by molar-refractivity contribution is 7.07. The molecule has 0 saturated heterocycles. The van der Waals surface area contributed by atoms with Crippen molar-refractivity contribution in [3.05, 3.63) is 40.4 Å². The van der Waals surface area contributed by atoms with Crippen molar-refractivity contribution in [1.29, 1.82) is 0 Å². The molecule has 0 radical (unpaired) electrons. The zero-order valence-corrected chi connectivity index (χ0v) is 11.5. The van der Waals surface area contributed by atoms with E-state index in [1.54, 1.807) is 23.1 Å². The minimum Gasteiger partial charge on any atom is -0.465 e. The zero-order chi connectivity index (χ0) is 14.1. The van der Waals surface area contributed by atoms with E-state index in [-0.39, 0.29) is 11.9 Å². The highest BCUT2D eigenvalue weighted by Gasteiger charge is 2.27. The minimum atomic E-state index is -0.371. The van der Waals surface area contributed by atoms with Gasteiger partial charge < -0.3 is 9.64 Å². The van der Waals surface area contributed by atoms with Crippen LogP contribution in [0.25, 0.3) is 0 Å². The van der Waals surface area contributed by atoms with Crippen LogP contribution in [0.15, 0.2) is 24.4 Å². The number of methoxy groups -OCH3 is 1. The van der Waals surface area contributed by atoms with E-state index in [1.807, 2.05) is 0 Å². The van der Waals surface area contributed by atoms with Crippen molar-refractivity contribution >= 4 is 29.1 Å². The lowest BCUT2D eigenvalue weighted by Gasteiger charge is -2.15. The van der Waals surface area contributed by atoms with Gasteiger partial charge in [-0.2, -0.15) is 0 Å². The van der Waals surface area contributed by atoms with E-state index in [4.69, 9.17) is 4.74 Å². The van der Waals surface area contributed by atoms with Gasteiger partial charge >= 0.3 is 5.97 Å². The lowest BCUT2D eigenvalue weighted by atomic mass is 10.1. The summed E-state index contributed by atoms with van der Waals surface area (Å²) in [5.41, 5.74) is 2.30. The fourth-order valence-electron chi connectivity index (χ4n) is 2.25. The van der Waals surface area contributed by atoms with E-state index in [2.05, 4.69) is 9.59 Å². The molecular formula is C13H11N3O3S. The lowest BCUT2D eigenvalue weighted by Crippen LogP contribution is -2.28. The molecule has 0 N–H and O–H groups in total. The number of anilines is 1. The first-order chi connectivity index (χ1) is 9.70. The van der Waals surface area contributed by atoms with Crippen LogP contribution in [0.5, 0.6) is 0 Å². The van der Waals surface area contributed by atoms with Crippen LogP contribution in [0.1, 0.15) is 25.6 Å². The van der Waals surface area contributed by atoms with Gasteiger partial charge in [0, 0.05) is 12.2 Å². The van der Waals surface area contributed by atoms with Crippen molar-refractivity contribution in [1.82, 2.24) is 9.59 Å². The number of aromatic nitrogens is 2. The van der Waals surface area contributed by atoms with Crippen LogP contribution in [0.3, 0.4) is 0 Å². The Kier molecular flexibility index (Phi) is 3.19. The van der Waals surface area contributed by atoms with Gasteiger partial charge in [0.2, 0.25) is 0 Å². The zero-order valence-electron chi connectivity index (χ0n) is 10.7. The first-order valence-corrected chi connectivity index (χ1v) is 6.78. The standard InChI is InChI=1S/C13H11N3O3S/c1-19-13(18)9-2-3-10-8(6-9)4-5-16(10)12(17)11-7-14-15-20-11/h2-3,6-7H,4-5H2,1H3. The Labute approximate surface area is 119 Å². The van der Waals surface area contributed by atoms with Crippen molar-refractivity contribution in [2.24, 2.45) is 0 Å². The summed E-state index contributed by atoms with van der Waals surface area (Å²) in [6.45, 7) is 0.594. The smallest absolute Gasteiger partial charge is 0.337 e. The Hall–Kier alpha value is -2.28. The van der Waals surface area contributed by atoms with E-state index in [9.17, 15) is 9.59 Å². The van der Waals surface area contributed by atoms with Gasteiger partial charge in [-0.15, -0.1) is 5.10 Å². The number of ether oxygens (including phenoxy) is 1. The number of benzene rings is 1. The number of hydrogen-bond acceptors (Lipinski definition) is 6. The molecular weight excluding hydrogens is 278 g/mol. The van der Waals surface area contributed by atoms with Crippen molar-refractivity contribution in [2.45, 2.75) is 6.42 Å². The molecule has 2 aromatic rings. The van der Waals surface area contributed by atoms with Crippen molar-refractivity contribution < 1.29 is 14.3 Å². The topological polar surface area (TPSA) is 72.4 Å². The van der Waals surface area contributed by atoms with E-state index in [1.165, 1.54) is 13.3 Å². The molecule has 0 atom stereocenters.